The molecular weight excluding hydrogens is 302 g/mol. The summed E-state index contributed by atoms with van der Waals surface area (Å²) in [6, 6.07) is 12.0. The van der Waals surface area contributed by atoms with Crippen LogP contribution < -0.4 is 10.6 Å². The highest BCUT2D eigenvalue weighted by Crippen LogP contribution is 2.12. The summed E-state index contributed by atoms with van der Waals surface area (Å²) in [7, 11) is 0. The second-order valence-corrected chi connectivity index (χ2v) is 5.51. The lowest BCUT2D eigenvalue weighted by Crippen LogP contribution is -2.29. The minimum Gasteiger partial charge on any atom is -0.362 e. The normalized spacial score (nSPS) is 10.3. The van der Waals surface area contributed by atoms with Crippen molar-refractivity contribution < 1.29 is 8.78 Å². The van der Waals surface area contributed by atoms with Gasteiger partial charge in [0.15, 0.2) is 16.7 Å². The van der Waals surface area contributed by atoms with Crippen molar-refractivity contribution in [1.29, 1.82) is 0 Å². The average Bonchev–Trinajstić information content (AvgIpc) is 2.49. The molecule has 0 saturated carbocycles. The van der Waals surface area contributed by atoms with E-state index in [2.05, 4.69) is 41.8 Å². The van der Waals surface area contributed by atoms with Crippen molar-refractivity contribution in [3.05, 3.63) is 65.2 Å². The van der Waals surface area contributed by atoms with Gasteiger partial charge in [-0.05, 0) is 49.7 Å². The van der Waals surface area contributed by atoms with Gasteiger partial charge in [-0.25, -0.2) is 8.78 Å². The van der Waals surface area contributed by atoms with Crippen LogP contribution in [0.3, 0.4) is 0 Å². The van der Waals surface area contributed by atoms with Gasteiger partial charge in [0.2, 0.25) is 0 Å². The van der Waals surface area contributed by atoms with E-state index in [1.807, 2.05) is 0 Å². The second-order valence-electron chi connectivity index (χ2n) is 5.10. The standard InChI is InChI=1S/C17H18F2N2S/c1-12-4-6-13(7-5-12)3-2-10-20-17(22)21-14-8-9-15(18)16(19)11-14/h4-9,11H,2-3,10H2,1H3,(H2,20,21,22). The van der Waals surface area contributed by atoms with Crippen molar-refractivity contribution in [2.24, 2.45) is 0 Å². The Bertz CT molecular complexity index is 642. The van der Waals surface area contributed by atoms with Gasteiger partial charge in [0.05, 0.1) is 0 Å². The molecule has 0 radical (unpaired) electrons. The molecule has 0 saturated heterocycles. The number of thiocarbonyl (C=S) groups is 1. The molecule has 2 rings (SSSR count). The first-order chi connectivity index (χ1) is 10.5. The Morgan fingerprint density at radius 2 is 1.77 bits per heavy atom. The predicted molar refractivity (Wildman–Crippen MR) is 90.1 cm³/mol. The van der Waals surface area contributed by atoms with Crippen LogP contribution in [0.1, 0.15) is 17.5 Å². The van der Waals surface area contributed by atoms with Crippen molar-refractivity contribution in [2.75, 3.05) is 11.9 Å². The molecule has 0 aliphatic rings. The van der Waals surface area contributed by atoms with Crippen LogP contribution in [-0.4, -0.2) is 11.7 Å². The van der Waals surface area contributed by atoms with Gasteiger partial charge in [0.1, 0.15) is 0 Å². The van der Waals surface area contributed by atoms with Gasteiger partial charge in [-0.15, -0.1) is 0 Å². The zero-order valence-corrected chi connectivity index (χ0v) is 13.1. The molecule has 0 atom stereocenters. The van der Waals surface area contributed by atoms with Gasteiger partial charge >= 0.3 is 0 Å². The van der Waals surface area contributed by atoms with E-state index in [0.717, 1.165) is 25.0 Å². The van der Waals surface area contributed by atoms with Crippen molar-refractivity contribution in [3.63, 3.8) is 0 Å². The maximum Gasteiger partial charge on any atom is 0.170 e. The number of hydrogen-bond donors (Lipinski definition) is 2. The van der Waals surface area contributed by atoms with Crippen molar-refractivity contribution in [3.8, 4) is 0 Å². The highest BCUT2D eigenvalue weighted by Gasteiger charge is 2.03. The largest absolute Gasteiger partial charge is 0.362 e. The molecule has 2 nitrogen and oxygen atoms in total. The maximum absolute atomic E-state index is 13.1. The van der Waals surface area contributed by atoms with Crippen LogP contribution in [0.15, 0.2) is 42.5 Å². The molecule has 2 N–H and O–H groups in total. The zero-order valence-electron chi connectivity index (χ0n) is 12.3. The molecule has 5 heteroatoms. The number of aryl methyl sites for hydroxylation is 2. The highest BCUT2D eigenvalue weighted by molar-refractivity contribution is 7.80. The molecule has 0 aromatic heterocycles. The van der Waals surface area contributed by atoms with Crippen LogP contribution in [0.2, 0.25) is 0 Å². The van der Waals surface area contributed by atoms with Gasteiger partial charge in [-0.2, -0.15) is 0 Å². The molecule has 0 spiro atoms. The van der Waals surface area contributed by atoms with Crippen molar-refractivity contribution >= 4 is 23.0 Å². The summed E-state index contributed by atoms with van der Waals surface area (Å²) in [6.45, 7) is 2.77. The Kier molecular flexibility index (Phi) is 5.83. The molecule has 116 valence electrons. The summed E-state index contributed by atoms with van der Waals surface area (Å²) in [6.07, 6.45) is 1.89. The fraction of sp³-hybridized carbons (Fsp3) is 0.235. The first-order valence-corrected chi connectivity index (χ1v) is 7.51. The Morgan fingerprint density at radius 1 is 1.05 bits per heavy atom. The van der Waals surface area contributed by atoms with E-state index in [1.165, 1.54) is 17.2 Å². The predicted octanol–water partition coefficient (Wildman–Crippen LogP) is 4.19. The van der Waals surface area contributed by atoms with E-state index < -0.39 is 11.6 Å². The smallest absolute Gasteiger partial charge is 0.170 e. The topological polar surface area (TPSA) is 24.1 Å². The Hall–Kier alpha value is -2.01. The van der Waals surface area contributed by atoms with Crippen molar-refractivity contribution in [1.82, 2.24) is 5.32 Å². The fourth-order valence-corrected chi connectivity index (χ4v) is 2.22. The minimum absolute atomic E-state index is 0.398. The van der Waals surface area contributed by atoms with E-state index in [1.54, 1.807) is 0 Å². The monoisotopic (exact) mass is 320 g/mol. The summed E-state index contributed by atoms with van der Waals surface area (Å²) in [5.74, 6) is -1.77. The number of halogens is 2. The summed E-state index contributed by atoms with van der Waals surface area (Å²) in [5, 5.41) is 6.28. The fourth-order valence-electron chi connectivity index (χ4n) is 2.00. The van der Waals surface area contributed by atoms with Crippen molar-refractivity contribution in [2.45, 2.75) is 19.8 Å². The Morgan fingerprint density at radius 3 is 2.45 bits per heavy atom. The van der Waals surface area contributed by atoms with E-state index in [0.29, 0.717) is 17.3 Å². The summed E-state index contributed by atoms with van der Waals surface area (Å²) in [4.78, 5) is 0. The highest BCUT2D eigenvalue weighted by atomic mass is 32.1. The zero-order chi connectivity index (χ0) is 15.9. The van der Waals surface area contributed by atoms with Crippen LogP contribution in [-0.2, 0) is 6.42 Å². The third-order valence-electron chi connectivity index (χ3n) is 3.23. The third kappa shape index (κ3) is 5.07. The molecule has 0 aliphatic carbocycles. The Labute approximate surface area is 134 Å². The number of anilines is 1. The maximum atomic E-state index is 13.1. The van der Waals surface area contributed by atoms with Gasteiger partial charge in [0, 0.05) is 18.3 Å². The molecule has 0 heterocycles. The molecule has 0 bridgehead atoms. The molecular formula is C17H18F2N2S. The first kappa shape index (κ1) is 16.4. The van der Waals surface area contributed by atoms with Gasteiger partial charge in [-0.1, -0.05) is 29.8 Å². The summed E-state index contributed by atoms with van der Waals surface area (Å²) >= 11 is 5.12. The third-order valence-corrected chi connectivity index (χ3v) is 3.47. The second kappa shape index (κ2) is 7.84. The van der Waals surface area contributed by atoms with E-state index in [-0.39, 0.29) is 0 Å². The van der Waals surface area contributed by atoms with E-state index >= 15 is 0 Å². The van der Waals surface area contributed by atoms with Crippen LogP contribution in [0, 0.1) is 18.6 Å². The van der Waals surface area contributed by atoms with Crippen LogP contribution in [0.5, 0.6) is 0 Å². The molecule has 2 aromatic rings. The summed E-state index contributed by atoms with van der Waals surface area (Å²) in [5.41, 5.74) is 2.96. The molecule has 0 unspecified atom stereocenters. The van der Waals surface area contributed by atoms with Gasteiger partial charge in [0.25, 0.3) is 0 Å². The number of benzene rings is 2. The molecule has 0 amide bonds. The minimum atomic E-state index is -0.896. The SMILES string of the molecule is Cc1ccc(CCCNC(=S)Nc2ccc(F)c(F)c2)cc1. The van der Waals surface area contributed by atoms with Gasteiger partial charge in [-0.3, -0.25) is 0 Å². The molecule has 0 aliphatic heterocycles. The van der Waals surface area contributed by atoms with E-state index in [9.17, 15) is 8.78 Å². The lowest BCUT2D eigenvalue weighted by molar-refractivity contribution is 0.509. The average molecular weight is 320 g/mol. The van der Waals surface area contributed by atoms with E-state index in [4.69, 9.17) is 12.2 Å². The lowest BCUT2D eigenvalue weighted by atomic mass is 10.1. The van der Waals surface area contributed by atoms with Crippen LogP contribution in [0.25, 0.3) is 0 Å². The quantitative estimate of drug-likeness (QED) is 0.638. The number of nitrogens with one attached hydrogen (secondary N) is 2. The van der Waals surface area contributed by atoms with Gasteiger partial charge < -0.3 is 10.6 Å². The Balaban J connectivity index is 1.71. The summed E-state index contributed by atoms with van der Waals surface area (Å²) < 4.78 is 25.9. The molecule has 22 heavy (non-hydrogen) atoms. The molecule has 2 aromatic carbocycles. The first-order valence-electron chi connectivity index (χ1n) is 7.10. The number of hydrogen-bond acceptors (Lipinski definition) is 1. The number of rotatable bonds is 5. The van der Waals surface area contributed by atoms with Crippen LogP contribution >= 0.6 is 12.2 Å². The lowest BCUT2D eigenvalue weighted by Gasteiger charge is -2.10. The van der Waals surface area contributed by atoms with Crippen LogP contribution in [0.4, 0.5) is 14.5 Å². The molecule has 0 fully saturated rings.